The summed E-state index contributed by atoms with van der Waals surface area (Å²) in [5.41, 5.74) is 3.07. The van der Waals surface area contributed by atoms with Crippen LogP contribution in [0.15, 0.2) is 47.6 Å². The molecule has 0 spiro atoms. The summed E-state index contributed by atoms with van der Waals surface area (Å²) in [5, 5.41) is 23.2. The molecule has 3 rings (SSSR count). The number of hydrogen-bond donors (Lipinski definition) is 1. The molecule has 1 heterocycles. The van der Waals surface area contributed by atoms with E-state index in [4.69, 9.17) is 16.3 Å². The lowest BCUT2D eigenvalue weighted by molar-refractivity contribution is 0.126. The minimum atomic E-state index is -0.642. The van der Waals surface area contributed by atoms with Crippen LogP contribution < -0.4 is 4.74 Å². The van der Waals surface area contributed by atoms with Crippen LogP contribution in [0, 0.1) is 13.8 Å². The minimum Gasteiger partial charge on any atom is -0.491 e. The van der Waals surface area contributed by atoms with Crippen molar-refractivity contribution >= 4 is 23.4 Å². The molecule has 0 aliphatic heterocycles. The predicted octanol–water partition coefficient (Wildman–Crippen LogP) is 3.46. The zero-order valence-electron chi connectivity index (χ0n) is 14.5. The molecule has 0 bridgehead atoms. The van der Waals surface area contributed by atoms with Crippen molar-refractivity contribution in [3.8, 4) is 11.4 Å². The number of tetrazole rings is 1. The number of nitrogens with zero attached hydrogens (tertiary/aromatic N) is 4. The Hall–Kier alpha value is -2.09. The van der Waals surface area contributed by atoms with Crippen molar-refractivity contribution in [1.82, 2.24) is 20.2 Å². The van der Waals surface area contributed by atoms with Gasteiger partial charge in [0.15, 0.2) is 0 Å². The minimum absolute atomic E-state index is 0.207. The highest BCUT2D eigenvalue weighted by atomic mass is 35.5. The summed E-state index contributed by atoms with van der Waals surface area (Å²) >= 11 is 7.27. The van der Waals surface area contributed by atoms with Gasteiger partial charge in [-0.15, -0.1) is 5.10 Å². The summed E-state index contributed by atoms with van der Waals surface area (Å²) in [6.45, 7) is 4.24. The molecule has 0 aliphatic carbocycles. The van der Waals surface area contributed by atoms with Crippen LogP contribution in [-0.2, 0) is 0 Å². The molecule has 0 amide bonds. The van der Waals surface area contributed by atoms with E-state index in [-0.39, 0.29) is 6.61 Å². The van der Waals surface area contributed by atoms with Crippen molar-refractivity contribution in [3.05, 3.63) is 58.6 Å². The maximum Gasteiger partial charge on any atom is 0.214 e. The summed E-state index contributed by atoms with van der Waals surface area (Å²) in [5.74, 6) is 1.18. The van der Waals surface area contributed by atoms with E-state index >= 15 is 0 Å². The average Bonchev–Trinajstić information content (AvgIpc) is 3.06. The SMILES string of the molecule is Cc1cc(C)cc(OC[C@@H](O)CSc2nnnn2-c2ccc(Cl)cc2)c1. The topological polar surface area (TPSA) is 73.1 Å². The number of rotatable bonds is 7. The van der Waals surface area contributed by atoms with Gasteiger partial charge in [-0.2, -0.15) is 4.68 Å². The van der Waals surface area contributed by atoms with Crippen LogP contribution in [0.3, 0.4) is 0 Å². The number of aryl methyl sites for hydroxylation is 2. The van der Waals surface area contributed by atoms with Crippen LogP contribution >= 0.6 is 23.4 Å². The monoisotopic (exact) mass is 390 g/mol. The molecule has 26 heavy (non-hydrogen) atoms. The van der Waals surface area contributed by atoms with Gasteiger partial charge in [0, 0.05) is 10.8 Å². The number of aliphatic hydroxyl groups excluding tert-OH is 1. The van der Waals surface area contributed by atoms with E-state index in [0.29, 0.717) is 15.9 Å². The van der Waals surface area contributed by atoms with Crippen molar-refractivity contribution in [3.63, 3.8) is 0 Å². The third-order valence-electron chi connectivity index (χ3n) is 3.55. The Morgan fingerprint density at radius 1 is 1.15 bits per heavy atom. The summed E-state index contributed by atoms with van der Waals surface area (Å²) < 4.78 is 7.30. The molecule has 8 heteroatoms. The lowest BCUT2D eigenvalue weighted by atomic mass is 10.1. The second-order valence-corrected chi connectivity index (χ2v) is 7.37. The summed E-state index contributed by atoms with van der Waals surface area (Å²) in [6.07, 6.45) is -0.642. The molecule has 1 N–H and O–H groups in total. The fourth-order valence-corrected chi connectivity index (χ4v) is 3.36. The number of ether oxygens (including phenoxy) is 1. The lowest BCUT2D eigenvalue weighted by Crippen LogP contribution is -2.20. The van der Waals surface area contributed by atoms with Crippen LogP contribution in [-0.4, -0.2) is 43.8 Å². The first-order chi connectivity index (χ1) is 12.5. The van der Waals surface area contributed by atoms with Crippen molar-refractivity contribution in [1.29, 1.82) is 0 Å². The Morgan fingerprint density at radius 3 is 2.54 bits per heavy atom. The third kappa shape index (κ3) is 4.97. The molecular formula is C18H19ClN4O2S. The number of aromatic nitrogens is 4. The second-order valence-electron chi connectivity index (χ2n) is 5.95. The Labute approximate surface area is 161 Å². The molecule has 0 aliphatic rings. The molecular weight excluding hydrogens is 372 g/mol. The van der Waals surface area contributed by atoms with Gasteiger partial charge < -0.3 is 9.84 Å². The van der Waals surface area contributed by atoms with Gasteiger partial charge in [0.1, 0.15) is 12.4 Å². The van der Waals surface area contributed by atoms with E-state index in [1.807, 2.05) is 38.1 Å². The van der Waals surface area contributed by atoms with E-state index in [9.17, 15) is 5.11 Å². The van der Waals surface area contributed by atoms with Crippen LogP contribution in [0.5, 0.6) is 5.75 Å². The van der Waals surface area contributed by atoms with Gasteiger partial charge in [-0.3, -0.25) is 0 Å². The molecule has 2 aromatic carbocycles. The van der Waals surface area contributed by atoms with Gasteiger partial charge in [0.25, 0.3) is 0 Å². The van der Waals surface area contributed by atoms with Crippen LogP contribution in [0.25, 0.3) is 5.69 Å². The predicted molar refractivity (Wildman–Crippen MR) is 102 cm³/mol. The molecule has 0 fully saturated rings. The van der Waals surface area contributed by atoms with Gasteiger partial charge in [0.2, 0.25) is 5.16 Å². The molecule has 1 atom stereocenters. The third-order valence-corrected chi connectivity index (χ3v) is 4.87. The Bertz CT molecular complexity index is 850. The molecule has 136 valence electrons. The van der Waals surface area contributed by atoms with E-state index in [2.05, 4.69) is 21.6 Å². The zero-order valence-corrected chi connectivity index (χ0v) is 16.0. The quantitative estimate of drug-likeness (QED) is 0.623. The van der Waals surface area contributed by atoms with Crippen molar-refractivity contribution in [2.24, 2.45) is 0 Å². The zero-order chi connectivity index (χ0) is 18.5. The largest absolute Gasteiger partial charge is 0.491 e. The molecule has 0 unspecified atom stereocenters. The van der Waals surface area contributed by atoms with Gasteiger partial charge in [0.05, 0.1) is 11.8 Å². The highest BCUT2D eigenvalue weighted by Gasteiger charge is 2.13. The van der Waals surface area contributed by atoms with Crippen LogP contribution in [0.2, 0.25) is 5.02 Å². The van der Waals surface area contributed by atoms with Crippen LogP contribution in [0.4, 0.5) is 0 Å². The summed E-state index contributed by atoms with van der Waals surface area (Å²) in [7, 11) is 0. The van der Waals surface area contributed by atoms with E-state index in [1.165, 1.54) is 11.8 Å². The lowest BCUT2D eigenvalue weighted by Gasteiger charge is -2.13. The first kappa shape index (κ1) is 18.7. The molecule has 0 saturated carbocycles. The normalized spacial score (nSPS) is 12.2. The van der Waals surface area contributed by atoms with Gasteiger partial charge >= 0.3 is 0 Å². The average molecular weight is 391 g/mol. The van der Waals surface area contributed by atoms with Crippen molar-refractivity contribution in [2.45, 2.75) is 25.1 Å². The molecule has 3 aromatic rings. The smallest absolute Gasteiger partial charge is 0.214 e. The number of thioether (sulfide) groups is 1. The number of aliphatic hydroxyl groups is 1. The maximum absolute atomic E-state index is 10.2. The van der Waals surface area contributed by atoms with Crippen LogP contribution in [0.1, 0.15) is 11.1 Å². The Morgan fingerprint density at radius 2 is 1.85 bits per heavy atom. The van der Waals surface area contributed by atoms with E-state index < -0.39 is 6.10 Å². The Kier molecular flexibility index (Phi) is 6.13. The highest BCUT2D eigenvalue weighted by Crippen LogP contribution is 2.21. The summed E-state index contributed by atoms with van der Waals surface area (Å²) in [4.78, 5) is 0. The van der Waals surface area contributed by atoms with Crippen molar-refractivity contribution < 1.29 is 9.84 Å². The van der Waals surface area contributed by atoms with Gasteiger partial charge in [-0.1, -0.05) is 29.4 Å². The van der Waals surface area contributed by atoms with Gasteiger partial charge in [-0.05, 0) is 71.8 Å². The maximum atomic E-state index is 10.2. The number of halogens is 1. The van der Waals surface area contributed by atoms with E-state index in [0.717, 1.165) is 22.6 Å². The first-order valence-corrected chi connectivity index (χ1v) is 9.44. The van der Waals surface area contributed by atoms with E-state index in [1.54, 1.807) is 16.8 Å². The van der Waals surface area contributed by atoms with Gasteiger partial charge in [-0.25, -0.2) is 0 Å². The standard InChI is InChI=1S/C18H19ClN4O2S/c1-12-7-13(2)9-17(8-12)25-10-16(24)11-26-18-20-21-22-23(18)15-5-3-14(19)4-6-15/h3-9,16,24H,10-11H2,1-2H3/t16-/m1/s1. The molecule has 0 saturated heterocycles. The Balaban J connectivity index is 1.56. The second kappa shape index (κ2) is 8.53. The highest BCUT2D eigenvalue weighted by molar-refractivity contribution is 7.99. The summed E-state index contributed by atoms with van der Waals surface area (Å²) in [6, 6.07) is 13.2. The fraction of sp³-hybridized carbons (Fsp3) is 0.278. The van der Waals surface area contributed by atoms with Crippen molar-refractivity contribution in [2.75, 3.05) is 12.4 Å². The molecule has 0 radical (unpaired) electrons. The first-order valence-electron chi connectivity index (χ1n) is 8.07. The molecule has 1 aromatic heterocycles. The number of hydrogen-bond acceptors (Lipinski definition) is 6. The molecule has 6 nitrogen and oxygen atoms in total. The number of benzene rings is 2. The fourth-order valence-electron chi connectivity index (χ4n) is 2.44.